The van der Waals surface area contributed by atoms with Gasteiger partial charge in [-0.05, 0) is 61.8 Å². The van der Waals surface area contributed by atoms with Gasteiger partial charge in [0.1, 0.15) is 10.6 Å². The third-order valence-corrected chi connectivity index (χ3v) is 9.16. The maximum absolute atomic E-state index is 12.9. The number of anilines is 1. The number of aliphatic hydroxyl groups excluding tert-OH is 1. The number of methoxy groups -OCH3 is 1. The van der Waals surface area contributed by atoms with Gasteiger partial charge in [-0.1, -0.05) is 24.6 Å². The highest BCUT2D eigenvalue weighted by Gasteiger charge is 2.45. The molecule has 9 nitrogen and oxygen atoms in total. The van der Waals surface area contributed by atoms with Crippen LogP contribution in [0.4, 0.5) is 5.69 Å². The number of hydrogen-bond donors (Lipinski definition) is 4. The van der Waals surface area contributed by atoms with Crippen LogP contribution in [0.5, 0.6) is 5.75 Å². The Bertz CT molecular complexity index is 1260. The molecule has 4 rings (SSSR count). The average molecular weight is 510 g/mol. The Hall–Kier alpha value is -2.18. The summed E-state index contributed by atoms with van der Waals surface area (Å²) in [5, 5.41) is 19.2. The summed E-state index contributed by atoms with van der Waals surface area (Å²) in [4.78, 5) is -0.521. The molecule has 0 amide bonds. The van der Waals surface area contributed by atoms with Gasteiger partial charge in [0, 0.05) is 18.2 Å². The number of nitrogens with one attached hydrogen (secondary N) is 2. The summed E-state index contributed by atoms with van der Waals surface area (Å²) in [5.74, 6) is 0.428. The smallest absolute Gasteiger partial charge is 0.240 e. The lowest BCUT2D eigenvalue weighted by atomic mass is 9.83. The molecule has 186 valence electrons. The Kier molecular flexibility index (Phi) is 6.94. The fourth-order valence-electron chi connectivity index (χ4n) is 4.77. The fourth-order valence-corrected chi connectivity index (χ4v) is 6.64. The van der Waals surface area contributed by atoms with Crippen molar-refractivity contribution in [2.24, 2.45) is 10.6 Å². The zero-order chi connectivity index (χ0) is 24.6. The van der Waals surface area contributed by atoms with Gasteiger partial charge in [-0.2, -0.15) is 0 Å². The highest BCUT2D eigenvalue weighted by Crippen LogP contribution is 2.56. The van der Waals surface area contributed by atoms with Crippen LogP contribution in [-0.2, 0) is 20.0 Å². The Morgan fingerprint density at radius 2 is 1.88 bits per heavy atom. The van der Waals surface area contributed by atoms with Gasteiger partial charge in [0.15, 0.2) is 0 Å². The van der Waals surface area contributed by atoms with Crippen molar-refractivity contribution in [2.75, 3.05) is 19.0 Å². The van der Waals surface area contributed by atoms with E-state index in [1.165, 1.54) is 38.5 Å². The lowest BCUT2D eigenvalue weighted by Gasteiger charge is -2.31. The third kappa shape index (κ3) is 5.55. The molecule has 5 N–H and O–H groups in total. The van der Waals surface area contributed by atoms with Crippen LogP contribution < -0.4 is 19.9 Å². The number of rotatable bonds is 9. The molecule has 0 aromatic heterocycles. The van der Waals surface area contributed by atoms with Gasteiger partial charge in [-0.25, -0.2) is 26.7 Å². The van der Waals surface area contributed by atoms with E-state index in [4.69, 9.17) is 9.88 Å². The van der Waals surface area contributed by atoms with Gasteiger partial charge >= 0.3 is 0 Å². The van der Waals surface area contributed by atoms with Gasteiger partial charge in [0.2, 0.25) is 20.0 Å². The molecular weight excluding hydrogens is 478 g/mol. The lowest BCUT2D eigenvalue weighted by Crippen LogP contribution is -2.30. The molecule has 0 radical (unpaired) electrons. The molecule has 2 aromatic carbocycles. The molecule has 2 atom stereocenters. The van der Waals surface area contributed by atoms with E-state index in [0.29, 0.717) is 22.4 Å². The summed E-state index contributed by atoms with van der Waals surface area (Å²) in [7, 11) is -6.85. The zero-order valence-electron chi connectivity index (χ0n) is 19.0. The highest BCUT2D eigenvalue weighted by molar-refractivity contribution is 7.90. The Morgan fingerprint density at radius 1 is 1.15 bits per heavy atom. The number of primary sulfonamides is 1. The Labute approximate surface area is 200 Å². The summed E-state index contributed by atoms with van der Waals surface area (Å²) in [6.45, 7) is -0.322. The number of para-hydroxylation sites is 1. The second-order valence-electron chi connectivity index (χ2n) is 9.25. The molecule has 2 saturated carbocycles. The second-order valence-corrected chi connectivity index (χ2v) is 12.5. The Balaban J connectivity index is 1.52. The number of ether oxygens (including phenoxy) is 1. The SMILES string of the molecule is COc1ccccc1[C@H](O)CNS(=O)(=O)c1ccc(NC2CCCC3(CC3)C2)c(S(N)(=O)=O)c1. The van der Waals surface area contributed by atoms with Crippen LogP contribution in [0.15, 0.2) is 52.3 Å². The summed E-state index contributed by atoms with van der Waals surface area (Å²) in [5.41, 5.74) is 1.12. The van der Waals surface area contributed by atoms with Gasteiger partial charge in [-0.3, -0.25) is 0 Å². The molecule has 11 heteroatoms. The summed E-state index contributed by atoms with van der Waals surface area (Å²) < 4.78 is 57.9. The Morgan fingerprint density at radius 3 is 2.56 bits per heavy atom. The quantitative estimate of drug-likeness (QED) is 0.406. The largest absolute Gasteiger partial charge is 0.496 e. The van der Waals surface area contributed by atoms with Crippen LogP contribution in [0.1, 0.15) is 50.2 Å². The standard InChI is InChI=1S/C23H31N3O6S2/c1-32-21-7-3-2-6-18(21)20(27)15-25-34(30,31)17-8-9-19(22(13-17)33(24,28)29)26-16-5-4-10-23(14-16)11-12-23/h2-3,6-9,13,16,20,25-27H,4-5,10-12,14-15H2,1H3,(H2,24,28,29)/t16?,20-/m1/s1. The second kappa shape index (κ2) is 9.46. The first-order valence-electron chi connectivity index (χ1n) is 11.3. The average Bonchev–Trinajstić information content (AvgIpc) is 3.54. The first-order chi connectivity index (χ1) is 16.0. The molecule has 2 aromatic rings. The molecule has 2 fully saturated rings. The fraction of sp³-hybridized carbons (Fsp3) is 0.478. The third-order valence-electron chi connectivity index (χ3n) is 6.79. The van der Waals surface area contributed by atoms with Gasteiger partial charge < -0.3 is 15.2 Å². The zero-order valence-corrected chi connectivity index (χ0v) is 20.7. The number of sulfonamides is 2. The number of hydrogen-bond acceptors (Lipinski definition) is 7. The summed E-state index contributed by atoms with van der Waals surface area (Å²) in [6.07, 6.45) is 5.43. The lowest BCUT2D eigenvalue weighted by molar-refractivity contribution is 0.177. The van der Waals surface area contributed by atoms with Crippen LogP contribution >= 0.6 is 0 Å². The van der Waals surface area contributed by atoms with Crippen LogP contribution in [0.2, 0.25) is 0 Å². The van der Waals surface area contributed by atoms with E-state index in [-0.39, 0.29) is 22.4 Å². The van der Waals surface area contributed by atoms with Crippen molar-refractivity contribution >= 4 is 25.7 Å². The molecule has 0 saturated heterocycles. The normalized spacial score (nSPS) is 20.6. The van der Waals surface area contributed by atoms with E-state index >= 15 is 0 Å². The molecule has 2 aliphatic carbocycles. The maximum Gasteiger partial charge on any atom is 0.240 e. The highest BCUT2D eigenvalue weighted by atomic mass is 32.2. The van der Waals surface area contributed by atoms with Crippen molar-refractivity contribution in [3.63, 3.8) is 0 Å². The molecule has 1 spiro atoms. The summed E-state index contributed by atoms with van der Waals surface area (Å²) >= 11 is 0. The van der Waals surface area contributed by atoms with Crippen molar-refractivity contribution in [3.8, 4) is 5.75 Å². The molecular formula is C23H31N3O6S2. The minimum atomic E-state index is -4.18. The van der Waals surface area contributed by atoms with Crippen molar-refractivity contribution in [2.45, 2.75) is 60.5 Å². The molecule has 1 unspecified atom stereocenters. The van der Waals surface area contributed by atoms with Crippen molar-refractivity contribution < 1.29 is 26.7 Å². The van der Waals surface area contributed by atoms with Crippen molar-refractivity contribution in [1.29, 1.82) is 0 Å². The van der Waals surface area contributed by atoms with Crippen LogP contribution in [0, 0.1) is 5.41 Å². The molecule has 34 heavy (non-hydrogen) atoms. The minimum absolute atomic E-state index is 0.119. The van der Waals surface area contributed by atoms with Crippen LogP contribution in [-0.4, -0.2) is 41.6 Å². The van der Waals surface area contributed by atoms with Gasteiger partial charge in [0.25, 0.3) is 0 Å². The summed E-state index contributed by atoms with van der Waals surface area (Å²) in [6, 6.07) is 10.7. The molecule has 0 bridgehead atoms. The van der Waals surface area contributed by atoms with E-state index in [1.54, 1.807) is 24.3 Å². The minimum Gasteiger partial charge on any atom is -0.496 e. The monoisotopic (exact) mass is 509 g/mol. The predicted molar refractivity (Wildman–Crippen MR) is 129 cm³/mol. The molecule has 0 heterocycles. The van der Waals surface area contributed by atoms with Gasteiger partial charge in [0.05, 0.1) is 23.8 Å². The van der Waals surface area contributed by atoms with E-state index in [0.717, 1.165) is 25.3 Å². The molecule has 0 aliphatic heterocycles. The van der Waals surface area contributed by atoms with Crippen molar-refractivity contribution in [3.05, 3.63) is 48.0 Å². The first-order valence-corrected chi connectivity index (χ1v) is 14.3. The number of benzene rings is 2. The number of nitrogens with two attached hydrogens (primary N) is 1. The van der Waals surface area contributed by atoms with E-state index in [9.17, 15) is 21.9 Å². The van der Waals surface area contributed by atoms with E-state index in [2.05, 4.69) is 10.0 Å². The van der Waals surface area contributed by atoms with E-state index in [1.807, 2.05) is 0 Å². The molecule has 2 aliphatic rings. The van der Waals surface area contributed by atoms with E-state index < -0.39 is 26.2 Å². The van der Waals surface area contributed by atoms with Gasteiger partial charge in [-0.15, -0.1) is 0 Å². The topological polar surface area (TPSA) is 148 Å². The maximum atomic E-state index is 12.9. The van der Waals surface area contributed by atoms with Crippen LogP contribution in [0.25, 0.3) is 0 Å². The number of aliphatic hydroxyl groups is 1. The van der Waals surface area contributed by atoms with Crippen LogP contribution in [0.3, 0.4) is 0 Å². The first kappa shape index (κ1) is 24.9. The van der Waals surface area contributed by atoms with Crippen molar-refractivity contribution in [1.82, 2.24) is 4.72 Å². The predicted octanol–water partition coefficient (Wildman–Crippen LogP) is 2.49.